The molecule has 55 heavy (non-hydrogen) atoms. The van der Waals surface area contributed by atoms with Gasteiger partial charge in [0.1, 0.15) is 30.1 Å². The molecule has 0 fully saturated rings. The lowest BCUT2D eigenvalue weighted by Crippen LogP contribution is -2.44. The number of anilines is 1. The summed E-state index contributed by atoms with van der Waals surface area (Å²) < 4.78 is 81.6. The first-order chi connectivity index (χ1) is 25.5. The van der Waals surface area contributed by atoms with E-state index in [-0.39, 0.29) is 23.7 Å². The van der Waals surface area contributed by atoms with Gasteiger partial charge in [-0.05, 0) is 57.0 Å². The summed E-state index contributed by atoms with van der Waals surface area (Å²) in [6, 6.07) is 10.0. The summed E-state index contributed by atoms with van der Waals surface area (Å²) in [7, 11) is -0.0232. The summed E-state index contributed by atoms with van der Waals surface area (Å²) in [5.74, 6) is -0.537. The molecule has 0 saturated carbocycles. The van der Waals surface area contributed by atoms with Crippen molar-refractivity contribution in [1.29, 1.82) is 10.5 Å². The third kappa shape index (κ3) is 19.1. The van der Waals surface area contributed by atoms with Crippen LogP contribution in [0.25, 0.3) is 0 Å². The Balaban J connectivity index is 2.07. The second-order valence-corrected chi connectivity index (χ2v) is 19.2. The lowest BCUT2D eigenvalue weighted by molar-refractivity contribution is -0.890. The van der Waals surface area contributed by atoms with Gasteiger partial charge in [-0.2, -0.15) is 27.4 Å². The quantitative estimate of drug-likeness (QED) is 0.0563. The summed E-state index contributed by atoms with van der Waals surface area (Å²) in [4.78, 5) is 2.61. The van der Waals surface area contributed by atoms with Gasteiger partial charge in [0.15, 0.2) is 5.00 Å². The van der Waals surface area contributed by atoms with Crippen LogP contribution in [0.4, 0.5) is 16.4 Å². The number of aryl methyl sites for hydroxylation is 1. The van der Waals surface area contributed by atoms with Crippen molar-refractivity contribution in [3.63, 3.8) is 0 Å². The number of quaternary nitrogens is 2. The fraction of sp³-hybridized carbons (Fsp3) is 0.667. The molecule has 1 heterocycles. The average Bonchev–Trinajstić information content (AvgIpc) is 3.37. The van der Waals surface area contributed by atoms with Gasteiger partial charge in [0.25, 0.3) is 20.2 Å². The molecule has 1 aromatic carbocycles. The number of azo groups is 1. The maximum Gasteiger partial charge on any atom is 0.265 e. The number of nitrogens with zero attached hydrogens (tertiary/aromatic N) is 7. The zero-order valence-corrected chi connectivity index (χ0v) is 35.8. The molecule has 2 rings (SSSR count). The minimum Gasteiger partial charge on any atom is -0.374 e. The van der Waals surface area contributed by atoms with Gasteiger partial charge in [0.05, 0.1) is 103 Å². The predicted molar refractivity (Wildman–Crippen MR) is 213 cm³/mol. The maximum atomic E-state index is 11.1. The third-order valence-electron chi connectivity index (χ3n) is 8.99. The topological polar surface area (TPSA) is 212 Å². The van der Waals surface area contributed by atoms with E-state index < -0.39 is 20.2 Å². The molecule has 2 N–H and O–H groups in total. The molecule has 308 valence electrons. The maximum absolute atomic E-state index is 11.1. The predicted octanol–water partition coefficient (Wildman–Crippen LogP) is 4.87. The van der Waals surface area contributed by atoms with E-state index >= 15 is 0 Å². The molecule has 0 bridgehead atoms. The number of likely N-dealkylation sites (N-methyl/N-ethyl adjacent to an activating group) is 2. The molecule has 0 aliphatic rings. The number of thiophene rings is 1. The molecule has 0 aliphatic carbocycles. The van der Waals surface area contributed by atoms with Crippen molar-refractivity contribution in [2.24, 2.45) is 10.2 Å². The molecular weight excluding hydrogens is 771 g/mol. The van der Waals surface area contributed by atoms with E-state index in [1.165, 1.54) is 0 Å². The molecule has 0 saturated heterocycles. The van der Waals surface area contributed by atoms with E-state index in [0.29, 0.717) is 114 Å². The van der Waals surface area contributed by atoms with Gasteiger partial charge in [0, 0.05) is 31.6 Å². The van der Waals surface area contributed by atoms with Crippen molar-refractivity contribution < 1.29 is 49.1 Å². The molecular formula is C36H59N7O9S3+2. The van der Waals surface area contributed by atoms with E-state index in [9.17, 15) is 27.4 Å². The number of hydrogen-bond donors (Lipinski definition) is 2. The number of benzene rings is 1. The lowest BCUT2D eigenvalue weighted by Gasteiger charge is -2.32. The van der Waals surface area contributed by atoms with Crippen LogP contribution in [0.1, 0.15) is 48.3 Å². The summed E-state index contributed by atoms with van der Waals surface area (Å²) in [6.45, 7) is 12.9. The van der Waals surface area contributed by atoms with Gasteiger partial charge < -0.3 is 28.1 Å². The molecule has 1 aromatic heterocycles. The van der Waals surface area contributed by atoms with Crippen molar-refractivity contribution in [1.82, 2.24) is 0 Å². The van der Waals surface area contributed by atoms with E-state index in [4.69, 9.17) is 23.3 Å². The molecule has 2 unspecified atom stereocenters. The highest BCUT2D eigenvalue weighted by molar-refractivity contribution is 7.86. The molecule has 2 aromatic rings. The van der Waals surface area contributed by atoms with Crippen LogP contribution in [-0.4, -0.2) is 153 Å². The summed E-state index contributed by atoms with van der Waals surface area (Å²) in [6.07, 6.45) is 0.352. The fourth-order valence-corrected chi connectivity index (χ4v) is 7.53. The van der Waals surface area contributed by atoms with Gasteiger partial charge in [0.2, 0.25) is 0 Å². The molecule has 19 heteroatoms. The van der Waals surface area contributed by atoms with Crippen molar-refractivity contribution in [3.8, 4) is 12.1 Å². The van der Waals surface area contributed by atoms with Crippen LogP contribution in [0.5, 0.6) is 0 Å². The van der Waals surface area contributed by atoms with Crippen LogP contribution >= 0.6 is 11.3 Å². The highest BCUT2D eigenvalue weighted by Crippen LogP contribution is 2.36. The number of hydrogen-bond acceptors (Lipinski definition) is 13. The van der Waals surface area contributed by atoms with Crippen LogP contribution in [-0.2, 0) is 34.4 Å². The molecule has 0 aliphatic heterocycles. The van der Waals surface area contributed by atoms with Gasteiger partial charge in [-0.1, -0.05) is 0 Å². The number of rotatable bonds is 26. The van der Waals surface area contributed by atoms with E-state index in [2.05, 4.69) is 27.3 Å². The highest BCUT2D eigenvalue weighted by Gasteiger charge is 2.21. The van der Waals surface area contributed by atoms with Crippen molar-refractivity contribution in [2.75, 3.05) is 110 Å². The first kappa shape index (κ1) is 48.1. The number of ether oxygens (including phenoxy) is 3. The molecule has 0 spiro atoms. The minimum atomic E-state index is -4.00. The molecule has 0 amide bonds. The van der Waals surface area contributed by atoms with E-state index in [0.717, 1.165) is 22.6 Å². The van der Waals surface area contributed by atoms with Crippen molar-refractivity contribution in [3.05, 3.63) is 39.8 Å². The van der Waals surface area contributed by atoms with E-state index in [1.807, 2.05) is 67.2 Å². The van der Waals surface area contributed by atoms with Gasteiger partial charge in [-0.15, -0.1) is 21.6 Å². The smallest absolute Gasteiger partial charge is 0.265 e. The van der Waals surface area contributed by atoms with Gasteiger partial charge in [-0.3, -0.25) is 9.11 Å². The summed E-state index contributed by atoms with van der Waals surface area (Å²) >= 11 is 1.13. The second-order valence-electron chi connectivity index (χ2n) is 15.1. The van der Waals surface area contributed by atoms with E-state index in [1.54, 1.807) is 6.92 Å². The minimum absolute atomic E-state index is 0.173. The Morgan fingerprint density at radius 3 is 1.85 bits per heavy atom. The monoisotopic (exact) mass is 829 g/mol. The Hall–Kier alpha value is -3.08. The van der Waals surface area contributed by atoms with Crippen LogP contribution in [0, 0.1) is 36.5 Å². The van der Waals surface area contributed by atoms with Crippen molar-refractivity contribution >= 4 is 47.9 Å². The molecule has 2 atom stereocenters. The Morgan fingerprint density at radius 1 is 0.800 bits per heavy atom. The SMILES string of the molecule is Cc1cc(N(CC(C)OCCOCC[N+](C)(C)CCCS(=O)(=O)O)CC(C)OCC[N+](C)(C)CCCS(=O)(=O)O)ccc1N=Nc1sc(C#N)c(C)c1C#N. The number of nitriles is 2. The third-order valence-corrected chi connectivity index (χ3v) is 11.7. The Labute approximate surface area is 331 Å². The normalized spacial score (nSPS) is 13.8. The van der Waals surface area contributed by atoms with Crippen LogP contribution in [0.3, 0.4) is 0 Å². The lowest BCUT2D eigenvalue weighted by atomic mass is 10.1. The fourth-order valence-electron chi connectivity index (χ4n) is 5.66. The average molecular weight is 830 g/mol. The van der Waals surface area contributed by atoms with Gasteiger partial charge >= 0.3 is 0 Å². The molecule has 16 nitrogen and oxygen atoms in total. The van der Waals surface area contributed by atoms with Crippen LogP contribution < -0.4 is 4.90 Å². The Kier molecular flexibility index (Phi) is 19.2. The highest BCUT2D eigenvalue weighted by atomic mass is 32.2. The zero-order valence-electron chi connectivity index (χ0n) is 33.4. The second kappa shape index (κ2) is 22.0. The van der Waals surface area contributed by atoms with Crippen LogP contribution in [0.15, 0.2) is 28.4 Å². The van der Waals surface area contributed by atoms with Crippen LogP contribution in [0.2, 0.25) is 0 Å². The standard InChI is InChI=1S/C36H57N7O9S3/c1-28-23-32(11-12-34(28)39-40-36-33(24-37)31(4)35(25-38)53-36)41(26-29(2)51-18-16-43(7,8)14-10-22-55(47,48)49)27-30(3)52-20-19-50-17-15-42(5,6)13-9-21-54(44,45)46/h11-12,23,29-30H,9-10,13-22,26-27H2,1-8H3/p+2. The largest absolute Gasteiger partial charge is 0.374 e. The first-order valence-electron chi connectivity index (χ1n) is 18.1. The molecule has 0 radical (unpaired) electrons. The zero-order chi connectivity index (χ0) is 41.5. The Bertz CT molecular complexity index is 1870. The first-order valence-corrected chi connectivity index (χ1v) is 22.1. The summed E-state index contributed by atoms with van der Waals surface area (Å²) in [5, 5.41) is 28.1. The Morgan fingerprint density at radius 2 is 1.35 bits per heavy atom. The van der Waals surface area contributed by atoms with Gasteiger partial charge in [-0.25, -0.2) is 0 Å². The summed E-state index contributed by atoms with van der Waals surface area (Å²) in [5.41, 5.74) is 3.34. The van der Waals surface area contributed by atoms with Crippen molar-refractivity contribution in [2.45, 2.75) is 52.7 Å².